The van der Waals surface area contributed by atoms with Gasteiger partial charge in [-0.3, -0.25) is 0 Å². The van der Waals surface area contributed by atoms with Crippen LogP contribution >= 0.6 is 0 Å². The quantitative estimate of drug-likeness (QED) is 0.174. The van der Waals surface area contributed by atoms with Crippen molar-refractivity contribution in [3.05, 3.63) is 60.3 Å². The molecule has 0 bridgehead atoms. The summed E-state index contributed by atoms with van der Waals surface area (Å²) in [5, 5.41) is 8.52. The van der Waals surface area contributed by atoms with Crippen LogP contribution in [0.5, 0.6) is 0 Å². The van der Waals surface area contributed by atoms with E-state index in [9.17, 15) is 9.59 Å². The molecule has 3 aliphatic rings. The molecule has 7 heteroatoms. The van der Waals surface area contributed by atoms with Gasteiger partial charge in [0.1, 0.15) is 6.10 Å². The van der Waals surface area contributed by atoms with Crippen LogP contribution in [0, 0.1) is 5.92 Å². The normalized spacial score (nSPS) is 35.6. The number of rotatable bonds is 10. The maximum atomic E-state index is 12.5. The van der Waals surface area contributed by atoms with E-state index in [0.717, 1.165) is 18.9 Å². The number of hydrogen-bond acceptors (Lipinski definition) is 6. The Morgan fingerprint density at radius 3 is 2.27 bits per heavy atom. The van der Waals surface area contributed by atoms with Gasteiger partial charge in [-0.25, -0.2) is 9.59 Å². The molecular formula is C26H34O7. The Hall–Kier alpha value is -2.48. The van der Waals surface area contributed by atoms with Crippen molar-refractivity contribution in [3.63, 3.8) is 0 Å². The van der Waals surface area contributed by atoms with Crippen molar-refractivity contribution in [2.75, 3.05) is 13.7 Å². The summed E-state index contributed by atoms with van der Waals surface area (Å²) >= 11 is 0. The number of carboxylic acids is 1. The van der Waals surface area contributed by atoms with Crippen molar-refractivity contribution >= 4 is 11.9 Å². The van der Waals surface area contributed by atoms with Crippen LogP contribution in [-0.2, 0) is 28.5 Å². The van der Waals surface area contributed by atoms with Gasteiger partial charge in [0, 0.05) is 31.6 Å². The zero-order valence-corrected chi connectivity index (χ0v) is 19.7. The highest BCUT2D eigenvalue weighted by molar-refractivity contribution is 5.82. The summed E-state index contributed by atoms with van der Waals surface area (Å²) in [5.41, 5.74) is 0.691. The van der Waals surface area contributed by atoms with Crippen LogP contribution in [0.25, 0.3) is 0 Å². The lowest BCUT2D eigenvalue weighted by atomic mass is 9.70. The summed E-state index contributed by atoms with van der Waals surface area (Å²) in [5.74, 6) is -1.38. The molecule has 6 atom stereocenters. The van der Waals surface area contributed by atoms with Gasteiger partial charge in [-0.1, -0.05) is 48.1 Å². The number of carbonyl (C=O) groups excluding carboxylic acids is 1. The van der Waals surface area contributed by atoms with Gasteiger partial charge in [0.15, 0.2) is 0 Å². The fraction of sp³-hybridized carbons (Fsp3) is 0.538. The van der Waals surface area contributed by atoms with Crippen molar-refractivity contribution in [2.24, 2.45) is 5.92 Å². The second kappa shape index (κ2) is 10.6. The van der Waals surface area contributed by atoms with Gasteiger partial charge in [0.05, 0.1) is 30.0 Å². The lowest BCUT2D eigenvalue weighted by Gasteiger charge is -2.41. The molecule has 1 aliphatic carbocycles. The fourth-order valence-corrected chi connectivity index (χ4v) is 4.57. The first-order valence-electron chi connectivity index (χ1n) is 11.3. The fourth-order valence-electron chi connectivity index (χ4n) is 4.57. The number of hydrogen-bond donors (Lipinski definition) is 1. The van der Waals surface area contributed by atoms with E-state index in [1.807, 2.05) is 0 Å². The molecule has 3 rings (SSSR count). The summed E-state index contributed by atoms with van der Waals surface area (Å²) in [7, 11) is 1.66. The van der Waals surface area contributed by atoms with E-state index in [0.29, 0.717) is 13.0 Å². The number of carboxylic acid groups (broad SMARTS) is 1. The summed E-state index contributed by atoms with van der Waals surface area (Å²) in [6.07, 6.45) is 16.0. The second-order valence-electron chi connectivity index (χ2n) is 9.30. The lowest BCUT2D eigenvalue weighted by molar-refractivity contribution is -0.164. The second-order valence-corrected chi connectivity index (χ2v) is 9.30. The Kier molecular flexibility index (Phi) is 8.10. The molecule has 0 aromatic heterocycles. The Balaban J connectivity index is 1.59. The molecule has 1 N–H and O–H groups in total. The predicted molar refractivity (Wildman–Crippen MR) is 124 cm³/mol. The molecule has 6 unspecified atom stereocenters. The van der Waals surface area contributed by atoms with Crippen molar-refractivity contribution in [1.29, 1.82) is 0 Å². The van der Waals surface area contributed by atoms with Crippen LogP contribution in [-0.4, -0.2) is 60.3 Å². The number of allylic oxidation sites excluding steroid dienone is 7. The molecule has 7 nitrogen and oxygen atoms in total. The largest absolute Gasteiger partial charge is 0.478 e. The van der Waals surface area contributed by atoms with Crippen molar-refractivity contribution in [1.82, 2.24) is 0 Å². The van der Waals surface area contributed by atoms with Gasteiger partial charge in [-0.15, -0.1) is 0 Å². The lowest BCUT2D eigenvalue weighted by Crippen LogP contribution is -2.52. The van der Waals surface area contributed by atoms with E-state index in [1.165, 1.54) is 17.7 Å². The van der Waals surface area contributed by atoms with Crippen LogP contribution in [0.4, 0.5) is 0 Å². The van der Waals surface area contributed by atoms with E-state index in [1.54, 1.807) is 37.5 Å². The highest BCUT2D eigenvalue weighted by Crippen LogP contribution is 2.56. The molecule has 2 aliphatic heterocycles. The Morgan fingerprint density at radius 2 is 1.70 bits per heavy atom. The topological polar surface area (TPSA) is 97.9 Å². The third-order valence-electron chi connectivity index (χ3n) is 6.50. The van der Waals surface area contributed by atoms with Crippen LogP contribution in [0.1, 0.15) is 40.0 Å². The molecule has 1 spiro atoms. The Morgan fingerprint density at radius 1 is 1.06 bits per heavy atom. The molecule has 1 saturated carbocycles. The molecule has 2 saturated heterocycles. The molecule has 2 heterocycles. The van der Waals surface area contributed by atoms with Crippen molar-refractivity contribution in [3.8, 4) is 0 Å². The molecule has 0 aromatic carbocycles. The zero-order valence-electron chi connectivity index (χ0n) is 19.7. The summed E-state index contributed by atoms with van der Waals surface area (Å²) in [6, 6.07) is 0. The Bertz CT molecular complexity index is 873. The molecule has 0 radical (unpaired) electrons. The van der Waals surface area contributed by atoms with E-state index in [2.05, 4.69) is 26.8 Å². The molecule has 180 valence electrons. The monoisotopic (exact) mass is 458 g/mol. The zero-order chi connectivity index (χ0) is 24.1. The predicted octanol–water partition coefficient (Wildman–Crippen LogP) is 3.92. The number of esters is 1. The molecule has 0 amide bonds. The van der Waals surface area contributed by atoms with E-state index >= 15 is 0 Å². The summed E-state index contributed by atoms with van der Waals surface area (Å²) in [6.45, 7) is 6.95. The maximum absolute atomic E-state index is 12.5. The number of epoxide rings is 2. The standard InChI is InChI=1S/C26H34O7/c1-18(2)13-14-21-25(3,33-21)19-15-26(17-31-26)16-20(24(19)30-4)32-23(29)12-10-8-6-5-7-9-11-22(27)28/h5-13,19-21,24H,14-17H2,1-4H3,(H,27,28)/b7-5+,8-6+,11-9+,12-10+. The highest BCUT2D eigenvalue weighted by atomic mass is 16.6. The SMILES string of the molecule is COC1C(OC(=O)/C=C/C=C/C=C/C=C/C(=O)O)CC2(CO2)CC1C1(C)OC1CC=C(C)C. The van der Waals surface area contributed by atoms with Crippen LogP contribution < -0.4 is 0 Å². The number of ether oxygens (including phenoxy) is 4. The van der Waals surface area contributed by atoms with Gasteiger partial charge < -0.3 is 24.1 Å². The first-order valence-corrected chi connectivity index (χ1v) is 11.3. The maximum Gasteiger partial charge on any atom is 0.331 e. The number of methoxy groups -OCH3 is 1. The molecular weight excluding hydrogens is 424 g/mol. The molecule has 3 fully saturated rings. The molecule has 0 aromatic rings. The van der Waals surface area contributed by atoms with Crippen LogP contribution in [0.2, 0.25) is 0 Å². The van der Waals surface area contributed by atoms with E-state index in [-0.39, 0.29) is 29.3 Å². The number of carbonyl (C=O) groups is 2. The highest BCUT2D eigenvalue weighted by Gasteiger charge is 2.66. The average Bonchev–Trinajstić information content (AvgIpc) is 3.65. The Labute approximate surface area is 195 Å². The minimum Gasteiger partial charge on any atom is -0.478 e. The first kappa shape index (κ1) is 25.1. The minimum atomic E-state index is -1.00. The van der Waals surface area contributed by atoms with Crippen molar-refractivity contribution in [2.45, 2.75) is 69.5 Å². The van der Waals surface area contributed by atoms with Gasteiger partial charge in [-0.05, 0) is 33.6 Å². The molecule has 33 heavy (non-hydrogen) atoms. The van der Waals surface area contributed by atoms with Crippen LogP contribution in [0.3, 0.4) is 0 Å². The van der Waals surface area contributed by atoms with Gasteiger partial charge in [0.25, 0.3) is 0 Å². The summed E-state index contributed by atoms with van der Waals surface area (Å²) < 4.78 is 23.6. The summed E-state index contributed by atoms with van der Waals surface area (Å²) in [4.78, 5) is 22.8. The van der Waals surface area contributed by atoms with Crippen molar-refractivity contribution < 1.29 is 33.6 Å². The average molecular weight is 459 g/mol. The van der Waals surface area contributed by atoms with Gasteiger partial charge >= 0.3 is 11.9 Å². The van der Waals surface area contributed by atoms with E-state index < -0.39 is 18.0 Å². The third kappa shape index (κ3) is 6.76. The van der Waals surface area contributed by atoms with E-state index in [4.69, 9.17) is 24.1 Å². The third-order valence-corrected chi connectivity index (χ3v) is 6.50. The van der Waals surface area contributed by atoms with Crippen LogP contribution in [0.15, 0.2) is 60.3 Å². The number of aliphatic carboxylic acids is 1. The minimum absolute atomic E-state index is 0.0694. The van der Waals surface area contributed by atoms with Gasteiger partial charge in [0.2, 0.25) is 0 Å². The first-order chi connectivity index (χ1) is 15.7. The van der Waals surface area contributed by atoms with Gasteiger partial charge in [-0.2, -0.15) is 0 Å². The smallest absolute Gasteiger partial charge is 0.331 e.